The minimum absolute atomic E-state index is 0.0222. The van der Waals surface area contributed by atoms with E-state index >= 15 is 0 Å². The lowest BCUT2D eigenvalue weighted by Crippen LogP contribution is -2.14. The molecule has 0 atom stereocenters. The van der Waals surface area contributed by atoms with Crippen LogP contribution >= 0.6 is 0 Å². The van der Waals surface area contributed by atoms with Crippen molar-refractivity contribution >= 4 is 21.4 Å². The molecule has 0 saturated heterocycles. The summed E-state index contributed by atoms with van der Waals surface area (Å²) in [4.78, 5) is 11.8. The summed E-state index contributed by atoms with van der Waals surface area (Å²) in [6.07, 6.45) is 2.55. The Morgan fingerprint density at radius 2 is 2.00 bits per heavy atom. The van der Waals surface area contributed by atoms with E-state index in [1.54, 1.807) is 12.1 Å². The number of nitrogens with one attached hydrogen (secondary N) is 1. The third-order valence-electron chi connectivity index (χ3n) is 2.54. The minimum atomic E-state index is -3.02. The number of ether oxygens (including phenoxy) is 1. The van der Waals surface area contributed by atoms with E-state index in [4.69, 9.17) is 4.74 Å². The second-order valence-electron chi connectivity index (χ2n) is 4.63. The second-order valence-corrected chi connectivity index (χ2v) is 6.89. The molecule has 0 fully saturated rings. The third-order valence-corrected chi connectivity index (χ3v) is 3.57. The number of carbonyl (C=O) groups excluding carboxylic acids is 1. The largest absolute Gasteiger partial charge is 0.491 e. The van der Waals surface area contributed by atoms with E-state index in [0.29, 0.717) is 24.5 Å². The monoisotopic (exact) mass is 299 g/mol. The fraction of sp³-hybridized carbons (Fsp3) is 0.500. The molecule has 0 aromatic heterocycles. The summed E-state index contributed by atoms with van der Waals surface area (Å²) < 4.78 is 27.5. The van der Waals surface area contributed by atoms with Gasteiger partial charge in [-0.15, -0.1) is 0 Å². The van der Waals surface area contributed by atoms with E-state index in [1.807, 2.05) is 19.1 Å². The number of sulfone groups is 1. The van der Waals surface area contributed by atoms with Crippen LogP contribution in [0.4, 0.5) is 5.69 Å². The van der Waals surface area contributed by atoms with Gasteiger partial charge in [-0.2, -0.15) is 0 Å². The molecule has 0 radical (unpaired) electrons. The summed E-state index contributed by atoms with van der Waals surface area (Å²) in [7, 11) is -3.02. The van der Waals surface area contributed by atoms with Gasteiger partial charge in [0.2, 0.25) is 5.91 Å². The molecule has 0 aliphatic heterocycles. The highest BCUT2D eigenvalue weighted by Crippen LogP contribution is 2.24. The molecule has 6 heteroatoms. The predicted molar refractivity (Wildman–Crippen MR) is 79.8 cm³/mol. The summed E-state index contributed by atoms with van der Waals surface area (Å²) in [5.41, 5.74) is 0.616. The van der Waals surface area contributed by atoms with Crippen LogP contribution in [0.25, 0.3) is 0 Å². The lowest BCUT2D eigenvalue weighted by Gasteiger charge is -2.11. The minimum Gasteiger partial charge on any atom is -0.491 e. The highest BCUT2D eigenvalue weighted by molar-refractivity contribution is 7.90. The Morgan fingerprint density at radius 1 is 1.30 bits per heavy atom. The van der Waals surface area contributed by atoms with Crippen LogP contribution in [-0.2, 0) is 14.6 Å². The number of hydrogen-bond acceptors (Lipinski definition) is 4. The number of carbonyl (C=O) groups is 1. The van der Waals surface area contributed by atoms with E-state index in [2.05, 4.69) is 5.32 Å². The molecule has 20 heavy (non-hydrogen) atoms. The van der Waals surface area contributed by atoms with Gasteiger partial charge in [-0.1, -0.05) is 19.1 Å². The third kappa shape index (κ3) is 6.56. The molecule has 1 aromatic carbocycles. The Morgan fingerprint density at radius 3 is 2.65 bits per heavy atom. The van der Waals surface area contributed by atoms with Crippen LogP contribution in [-0.4, -0.2) is 32.9 Å². The summed E-state index contributed by atoms with van der Waals surface area (Å²) >= 11 is 0. The first-order chi connectivity index (χ1) is 9.42. The number of hydrogen-bond donors (Lipinski definition) is 1. The first-order valence-corrected chi connectivity index (χ1v) is 8.68. The number of rotatable bonds is 8. The number of anilines is 1. The van der Waals surface area contributed by atoms with Gasteiger partial charge < -0.3 is 10.1 Å². The van der Waals surface area contributed by atoms with Crippen LogP contribution in [0, 0.1) is 0 Å². The highest BCUT2D eigenvalue weighted by atomic mass is 32.2. The average Bonchev–Trinajstić information content (AvgIpc) is 2.36. The van der Waals surface area contributed by atoms with Crippen molar-refractivity contribution in [2.45, 2.75) is 26.2 Å². The van der Waals surface area contributed by atoms with Gasteiger partial charge in [0.1, 0.15) is 15.6 Å². The number of para-hydroxylation sites is 2. The van der Waals surface area contributed by atoms with Gasteiger partial charge in [-0.3, -0.25) is 4.79 Å². The summed E-state index contributed by atoms with van der Waals surface area (Å²) in [5.74, 6) is 0.445. The van der Waals surface area contributed by atoms with Crippen LogP contribution in [0.3, 0.4) is 0 Å². The van der Waals surface area contributed by atoms with Crippen molar-refractivity contribution in [3.8, 4) is 5.75 Å². The van der Waals surface area contributed by atoms with Gasteiger partial charge in [0.05, 0.1) is 18.0 Å². The SMILES string of the molecule is CCCOc1ccccc1NC(=O)CCCS(C)(=O)=O. The van der Waals surface area contributed by atoms with Crippen LogP contribution in [0.15, 0.2) is 24.3 Å². The van der Waals surface area contributed by atoms with E-state index in [9.17, 15) is 13.2 Å². The van der Waals surface area contributed by atoms with Crippen molar-refractivity contribution in [3.05, 3.63) is 24.3 Å². The zero-order chi connectivity index (χ0) is 15.0. The maximum Gasteiger partial charge on any atom is 0.224 e. The van der Waals surface area contributed by atoms with Crippen molar-refractivity contribution < 1.29 is 17.9 Å². The van der Waals surface area contributed by atoms with Crippen molar-refractivity contribution in [1.29, 1.82) is 0 Å². The maximum atomic E-state index is 11.8. The molecule has 0 saturated carbocycles. The average molecular weight is 299 g/mol. The van der Waals surface area contributed by atoms with Crippen LogP contribution in [0.2, 0.25) is 0 Å². The van der Waals surface area contributed by atoms with Crippen LogP contribution in [0.5, 0.6) is 5.75 Å². The maximum absolute atomic E-state index is 11.8. The smallest absolute Gasteiger partial charge is 0.224 e. The molecule has 0 aliphatic rings. The highest BCUT2D eigenvalue weighted by Gasteiger charge is 2.09. The van der Waals surface area contributed by atoms with E-state index < -0.39 is 9.84 Å². The molecule has 0 aliphatic carbocycles. The van der Waals surface area contributed by atoms with Crippen LogP contribution < -0.4 is 10.1 Å². The predicted octanol–water partition coefficient (Wildman–Crippen LogP) is 2.24. The molecular weight excluding hydrogens is 278 g/mol. The first-order valence-electron chi connectivity index (χ1n) is 6.62. The van der Waals surface area contributed by atoms with Crippen molar-refractivity contribution in [2.24, 2.45) is 0 Å². The quantitative estimate of drug-likeness (QED) is 0.799. The molecule has 1 rings (SSSR count). The molecule has 112 valence electrons. The van der Waals surface area contributed by atoms with Gasteiger partial charge in [-0.05, 0) is 25.0 Å². The Hall–Kier alpha value is -1.56. The summed E-state index contributed by atoms with van der Waals surface area (Å²) in [6, 6.07) is 7.20. The molecule has 0 spiro atoms. The summed E-state index contributed by atoms with van der Waals surface area (Å²) in [6.45, 7) is 2.59. The number of amides is 1. The van der Waals surface area contributed by atoms with Crippen molar-refractivity contribution in [2.75, 3.05) is 23.9 Å². The normalized spacial score (nSPS) is 11.1. The lowest BCUT2D eigenvalue weighted by atomic mass is 10.2. The second kappa shape index (κ2) is 7.89. The molecule has 0 bridgehead atoms. The lowest BCUT2D eigenvalue weighted by molar-refractivity contribution is -0.116. The fourth-order valence-electron chi connectivity index (χ4n) is 1.62. The fourth-order valence-corrected chi connectivity index (χ4v) is 2.28. The van der Waals surface area contributed by atoms with Crippen LogP contribution in [0.1, 0.15) is 26.2 Å². The van der Waals surface area contributed by atoms with Gasteiger partial charge >= 0.3 is 0 Å². The molecule has 1 amide bonds. The number of benzene rings is 1. The standard InChI is InChI=1S/C14H21NO4S/c1-3-10-19-13-8-5-4-7-12(13)15-14(16)9-6-11-20(2,17)18/h4-5,7-8H,3,6,9-11H2,1-2H3,(H,15,16). The van der Waals surface area contributed by atoms with E-state index in [0.717, 1.165) is 6.42 Å². The molecular formula is C14H21NO4S. The topological polar surface area (TPSA) is 72.5 Å². The first kappa shape index (κ1) is 16.5. The zero-order valence-electron chi connectivity index (χ0n) is 11.9. The Kier molecular flexibility index (Phi) is 6.51. The van der Waals surface area contributed by atoms with Crippen molar-refractivity contribution in [3.63, 3.8) is 0 Å². The van der Waals surface area contributed by atoms with E-state index in [-0.39, 0.29) is 18.1 Å². The molecule has 1 aromatic rings. The zero-order valence-corrected chi connectivity index (χ0v) is 12.7. The van der Waals surface area contributed by atoms with Gasteiger partial charge in [0.25, 0.3) is 0 Å². The summed E-state index contributed by atoms with van der Waals surface area (Å²) in [5, 5.41) is 2.75. The van der Waals surface area contributed by atoms with Crippen molar-refractivity contribution in [1.82, 2.24) is 0 Å². The molecule has 1 N–H and O–H groups in total. The molecule has 5 nitrogen and oxygen atoms in total. The Bertz CT molecular complexity index is 540. The Labute approximate surface area is 120 Å². The van der Waals surface area contributed by atoms with Gasteiger partial charge in [0.15, 0.2) is 0 Å². The Balaban J connectivity index is 2.53. The van der Waals surface area contributed by atoms with Gasteiger partial charge in [-0.25, -0.2) is 8.42 Å². The molecule has 0 heterocycles. The molecule has 0 unspecified atom stereocenters. The van der Waals surface area contributed by atoms with Gasteiger partial charge in [0, 0.05) is 12.7 Å². The van der Waals surface area contributed by atoms with E-state index in [1.165, 1.54) is 6.26 Å².